The smallest absolute Gasteiger partial charge is 0.321 e. The number of hydrogen-bond donors (Lipinski definition) is 1. The molecule has 7 nitrogen and oxygen atoms in total. The summed E-state index contributed by atoms with van der Waals surface area (Å²) in [5, 5.41) is 2.91. The molecule has 0 radical (unpaired) electrons. The first-order valence-corrected chi connectivity index (χ1v) is 13.4. The van der Waals surface area contributed by atoms with Crippen LogP contribution in [0.5, 0.6) is 5.75 Å². The molecule has 1 N–H and O–H groups in total. The molecular formula is C32H36N2O5. The number of benzene rings is 3. The Balaban J connectivity index is 1.47. The highest BCUT2D eigenvalue weighted by Gasteiger charge is 2.49. The molecule has 0 fully saturated rings. The Morgan fingerprint density at radius 3 is 2.41 bits per heavy atom. The molecule has 204 valence electrons. The minimum absolute atomic E-state index is 0.00373. The van der Waals surface area contributed by atoms with Crippen molar-refractivity contribution >= 4 is 17.8 Å². The van der Waals surface area contributed by atoms with Gasteiger partial charge >= 0.3 is 5.97 Å². The number of para-hydroxylation sites is 1. The molecule has 0 saturated heterocycles. The summed E-state index contributed by atoms with van der Waals surface area (Å²) in [6.45, 7) is 3.01. The van der Waals surface area contributed by atoms with E-state index in [-0.39, 0.29) is 30.3 Å². The van der Waals surface area contributed by atoms with Crippen molar-refractivity contribution in [3.05, 3.63) is 101 Å². The molecular weight excluding hydrogens is 492 g/mol. The number of fused-ring (bicyclic) bond motifs is 1. The molecule has 3 aromatic carbocycles. The van der Waals surface area contributed by atoms with E-state index in [0.29, 0.717) is 43.7 Å². The summed E-state index contributed by atoms with van der Waals surface area (Å²) in [5.41, 5.74) is 2.10. The van der Waals surface area contributed by atoms with Crippen molar-refractivity contribution in [2.75, 3.05) is 33.9 Å². The van der Waals surface area contributed by atoms with Gasteiger partial charge in [0.05, 0.1) is 25.2 Å². The maximum absolute atomic E-state index is 13.6. The van der Waals surface area contributed by atoms with E-state index < -0.39 is 5.41 Å². The third-order valence-corrected chi connectivity index (χ3v) is 7.48. The van der Waals surface area contributed by atoms with E-state index in [0.717, 1.165) is 16.7 Å². The molecule has 2 amide bonds. The molecule has 0 heterocycles. The van der Waals surface area contributed by atoms with Gasteiger partial charge in [-0.1, -0.05) is 66.7 Å². The van der Waals surface area contributed by atoms with Gasteiger partial charge in [-0.3, -0.25) is 14.4 Å². The topological polar surface area (TPSA) is 84.9 Å². The van der Waals surface area contributed by atoms with Crippen molar-refractivity contribution in [1.82, 2.24) is 10.2 Å². The summed E-state index contributed by atoms with van der Waals surface area (Å²) in [7, 11) is 3.32. The minimum atomic E-state index is -0.952. The van der Waals surface area contributed by atoms with Crippen LogP contribution >= 0.6 is 0 Å². The van der Waals surface area contributed by atoms with Gasteiger partial charge in [-0.05, 0) is 55.0 Å². The minimum Gasteiger partial charge on any atom is -0.496 e. The lowest BCUT2D eigenvalue weighted by Crippen LogP contribution is -2.45. The molecule has 7 heteroatoms. The monoisotopic (exact) mass is 528 g/mol. The first-order chi connectivity index (χ1) is 18.9. The van der Waals surface area contributed by atoms with Gasteiger partial charge in [-0.2, -0.15) is 0 Å². The number of ether oxygens (including phenoxy) is 2. The molecule has 3 aromatic rings. The molecule has 0 aliphatic heterocycles. The molecule has 1 aliphatic carbocycles. The third-order valence-electron chi connectivity index (χ3n) is 7.48. The van der Waals surface area contributed by atoms with Crippen LogP contribution in [0.2, 0.25) is 0 Å². The summed E-state index contributed by atoms with van der Waals surface area (Å²) < 4.78 is 10.9. The van der Waals surface area contributed by atoms with Crippen molar-refractivity contribution in [3.8, 4) is 5.75 Å². The van der Waals surface area contributed by atoms with E-state index in [9.17, 15) is 14.4 Å². The SMILES string of the molecule is CCOC(=O)[C@]1(c2ccccc2)CC[C@@H](C(=O)N(C)CCCNC(=O)c2ccccc2OC)c2ccccc21. The van der Waals surface area contributed by atoms with Gasteiger partial charge in [-0.25, -0.2) is 0 Å². The lowest BCUT2D eigenvalue weighted by molar-refractivity contribution is -0.149. The zero-order valence-electron chi connectivity index (χ0n) is 22.8. The van der Waals surface area contributed by atoms with E-state index in [2.05, 4.69) is 5.32 Å². The number of hydrogen-bond acceptors (Lipinski definition) is 5. The zero-order valence-corrected chi connectivity index (χ0v) is 22.8. The van der Waals surface area contributed by atoms with Crippen LogP contribution in [0.15, 0.2) is 78.9 Å². The molecule has 39 heavy (non-hydrogen) atoms. The Kier molecular flexibility index (Phi) is 9.02. The van der Waals surface area contributed by atoms with Crippen LogP contribution in [0.3, 0.4) is 0 Å². The van der Waals surface area contributed by atoms with E-state index in [1.165, 1.54) is 7.11 Å². The number of nitrogens with zero attached hydrogens (tertiary/aromatic N) is 1. The summed E-state index contributed by atoms with van der Waals surface area (Å²) >= 11 is 0. The van der Waals surface area contributed by atoms with Crippen molar-refractivity contribution in [3.63, 3.8) is 0 Å². The molecule has 1 aliphatic rings. The van der Waals surface area contributed by atoms with Gasteiger partial charge in [0.25, 0.3) is 5.91 Å². The Bertz CT molecular complexity index is 1310. The average molecular weight is 529 g/mol. The van der Waals surface area contributed by atoms with Crippen molar-refractivity contribution < 1.29 is 23.9 Å². The molecule has 0 spiro atoms. The normalized spacial score (nSPS) is 18.0. The highest BCUT2D eigenvalue weighted by molar-refractivity contribution is 5.97. The molecule has 2 atom stereocenters. The largest absolute Gasteiger partial charge is 0.496 e. The first kappa shape index (κ1) is 27.9. The zero-order chi connectivity index (χ0) is 27.8. The van der Waals surface area contributed by atoms with Crippen LogP contribution in [0, 0.1) is 0 Å². The summed E-state index contributed by atoms with van der Waals surface area (Å²) in [6, 6.07) is 24.5. The van der Waals surface area contributed by atoms with Crippen LogP contribution in [0.1, 0.15) is 59.2 Å². The predicted molar refractivity (Wildman–Crippen MR) is 150 cm³/mol. The number of likely N-dealkylation sites (N-methyl/N-ethyl adjacent to an activating group) is 1. The van der Waals surface area contributed by atoms with E-state index in [4.69, 9.17) is 9.47 Å². The highest BCUT2D eigenvalue weighted by atomic mass is 16.5. The predicted octanol–water partition coefficient (Wildman–Crippen LogP) is 4.70. The molecule has 4 rings (SSSR count). The van der Waals surface area contributed by atoms with Gasteiger partial charge in [0.1, 0.15) is 11.2 Å². The second-order valence-corrected chi connectivity index (χ2v) is 9.74. The van der Waals surface area contributed by atoms with Gasteiger partial charge in [-0.15, -0.1) is 0 Å². The number of carbonyl (C=O) groups is 3. The van der Waals surface area contributed by atoms with Crippen LogP contribution in [0.4, 0.5) is 0 Å². The Labute approximate surface area is 230 Å². The maximum Gasteiger partial charge on any atom is 0.321 e. The van der Waals surface area contributed by atoms with E-state index in [1.54, 1.807) is 30.1 Å². The number of carbonyl (C=O) groups excluding carboxylic acids is 3. The number of amides is 2. The lowest BCUT2D eigenvalue weighted by atomic mass is 9.63. The van der Waals surface area contributed by atoms with Crippen molar-refractivity contribution in [2.45, 2.75) is 37.5 Å². The van der Waals surface area contributed by atoms with Gasteiger partial charge < -0.3 is 19.7 Å². The van der Waals surface area contributed by atoms with Crippen LogP contribution in [-0.4, -0.2) is 56.5 Å². The molecule has 0 unspecified atom stereocenters. The standard InChI is InChI=1S/C32H36N2O5/c1-4-39-31(37)32(23-13-6-5-7-14-23)20-19-25(24-15-8-10-17-27(24)32)30(36)34(2)22-12-21-33-29(35)26-16-9-11-18-28(26)38-3/h5-11,13-18,25H,4,12,19-22H2,1-3H3,(H,33,35)/t25-,32+/m1/s1. The molecule has 0 saturated carbocycles. The fourth-order valence-electron chi connectivity index (χ4n) is 5.53. The maximum atomic E-state index is 13.6. The summed E-state index contributed by atoms with van der Waals surface area (Å²) in [6.07, 6.45) is 1.61. The molecule has 0 aromatic heterocycles. The first-order valence-electron chi connectivity index (χ1n) is 13.4. The second-order valence-electron chi connectivity index (χ2n) is 9.74. The quantitative estimate of drug-likeness (QED) is 0.305. The van der Waals surface area contributed by atoms with E-state index in [1.807, 2.05) is 67.6 Å². The number of rotatable bonds is 10. The highest BCUT2D eigenvalue weighted by Crippen LogP contribution is 2.48. The average Bonchev–Trinajstić information content (AvgIpc) is 2.98. The van der Waals surface area contributed by atoms with Crippen molar-refractivity contribution in [2.24, 2.45) is 0 Å². The lowest BCUT2D eigenvalue weighted by Gasteiger charge is -2.41. The Morgan fingerprint density at radius 1 is 0.974 bits per heavy atom. The van der Waals surface area contributed by atoms with Gasteiger partial charge in [0.2, 0.25) is 5.91 Å². The fourth-order valence-corrected chi connectivity index (χ4v) is 5.53. The Hall–Kier alpha value is -4.13. The van der Waals surface area contributed by atoms with Gasteiger partial charge in [0.15, 0.2) is 0 Å². The fraction of sp³-hybridized carbons (Fsp3) is 0.344. The summed E-state index contributed by atoms with van der Waals surface area (Å²) in [5.74, 6) is -0.329. The molecule has 0 bridgehead atoms. The second kappa shape index (κ2) is 12.6. The van der Waals surface area contributed by atoms with Crippen LogP contribution in [-0.2, 0) is 19.7 Å². The number of methoxy groups -OCH3 is 1. The third kappa shape index (κ3) is 5.67. The van der Waals surface area contributed by atoms with Gasteiger partial charge in [0, 0.05) is 20.1 Å². The van der Waals surface area contributed by atoms with Crippen LogP contribution in [0.25, 0.3) is 0 Å². The van der Waals surface area contributed by atoms with E-state index >= 15 is 0 Å². The Morgan fingerprint density at radius 2 is 1.67 bits per heavy atom. The van der Waals surface area contributed by atoms with Crippen LogP contribution < -0.4 is 10.1 Å². The number of nitrogens with one attached hydrogen (secondary N) is 1. The summed E-state index contributed by atoms with van der Waals surface area (Å²) in [4.78, 5) is 41.4. The van der Waals surface area contributed by atoms with Crippen molar-refractivity contribution in [1.29, 1.82) is 0 Å². The number of esters is 1.